The van der Waals surface area contributed by atoms with Crippen LogP contribution in [0.25, 0.3) is 10.8 Å². The fraction of sp³-hybridized carbons (Fsp3) is 0.312. The van der Waals surface area contributed by atoms with E-state index < -0.39 is 24.0 Å². The standard InChI is InChI=1S/C16H18N4O5/c1-8(2)20-14(22)11-7-5-4-6-10(11)12(19-20)15(23)25-9(3)13(21)18-16(17)24/h4-9H,1-3H3,(H3,17,18,21,24). The zero-order valence-electron chi connectivity index (χ0n) is 14.0. The van der Waals surface area contributed by atoms with Gasteiger partial charge in [-0.1, -0.05) is 18.2 Å². The fourth-order valence-electron chi connectivity index (χ4n) is 2.20. The summed E-state index contributed by atoms with van der Waals surface area (Å²) in [5.74, 6) is -1.75. The number of nitrogens with two attached hydrogens (primary N) is 1. The van der Waals surface area contributed by atoms with Crippen LogP contribution in [-0.2, 0) is 9.53 Å². The molecule has 1 atom stereocenters. The number of carbonyl (C=O) groups is 3. The normalized spacial score (nSPS) is 12.0. The molecular formula is C16H18N4O5. The van der Waals surface area contributed by atoms with Gasteiger partial charge < -0.3 is 10.5 Å². The molecule has 0 spiro atoms. The van der Waals surface area contributed by atoms with Gasteiger partial charge in [0.2, 0.25) is 0 Å². The van der Waals surface area contributed by atoms with Gasteiger partial charge in [0.25, 0.3) is 11.5 Å². The van der Waals surface area contributed by atoms with Crippen molar-refractivity contribution in [3.05, 3.63) is 40.3 Å². The number of aromatic nitrogens is 2. The Morgan fingerprint density at radius 1 is 1.16 bits per heavy atom. The van der Waals surface area contributed by atoms with Crippen molar-refractivity contribution in [2.75, 3.05) is 0 Å². The molecule has 2 rings (SSSR count). The van der Waals surface area contributed by atoms with Crippen LogP contribution in [0.4, 0.5) is 4.79 Å². The van der Waals surface area contributed by atoms with Gasteiger partial charge in [-0.3, -0.25) is 14.9 Å². The van der Waals surface area contributed by atoms with E-state index >= 15 is 0 Å². The van der Waals surface area contributed by atoms with Crippen molar-refractivity contribution in [1.82, 2.24) is 15.1 Å². The van der Waals surface area contributed by atoms with Gasteiger partial charge in [0, 0.05) is 5.39 Å². The highest BCUT2D eigenvalue weighted by Crippen LogP contribution is 2.16. The van der Waals surface area contributed by atoms with Crippen molar-refractivity contribution in [1.29, 1.82) is 0 Å². The number of nitrogens with one attached hydrogen (secondary N) is 1. The molecule has 9 heteroatoms. The van der Waals surface area contributed by atoms with Crippen LogP contribution in [0.3, 0.4) is 0 Å². The quantitative estimate of drug-likeness (QED) is 0.784. The number of hydrogen-bond acceptors (Lipinski definition) is 6. The average Bonchev–Trinajstić information content (AvgIpc) is 2.54. The number of urea groups is 1. The number of amides is 3. The zero-order valence-corrected chi connectivity index (χ0v) is 14.0. The van der Waals surface area contributed by atoms with Gasteiger partial charge in [0.15, 0.2) is 11.8 Å². The first-order valence-electron chi connectivity index (χ1n) is 7.55. The minimum atomic E-state index is -1.26. The third kappa shape index (κ3) is 3.82. The Bertz CT molecular complexity index is 903. The predicted octanol–water partition coefficient (Wildman–Crippen LogP) is 0.718. The van der Waals surface area contributed by atoms with E-state index in [1.807, 2.05) is 5.32 Å². The number of primary amides is 1. The van der Waals surface area contributed by atoms with Crippen molar-refractivity contribution in [2.45, 2.75) is 32.9 Å². The highest BCUT2D eigenvalue weighted by Gasteiger charge is 2.24. The summed E-state index contributed by atoms with van der Waals surface area (Å²) in [6.45, 7) is 4.79. The molecule has 3 N–H and O–H groups in total. The van der Waals surface area contributed by atoms with Gasteiger partial charge in [-0.05, 0) is 26.8 Å². The number of rotatable bonds is 4. The van der Waals surface area contributed by atoms with E-state index in [9.17, 15) is 19.2 Å². The van der Waals surface area contributed by atoms with E-state index in [1.54, 1.807) is 38.1 Å². The van der Waals surface area contributed by atoms with E-state index in [2.05, 4.69) is 5.10 Å². The maximum atomic E-state index is 12.4. The molecular weight excluding hydrogens is 328 g/mol. The largest absolute Gasteiger partial charge is 0.448 e. The molecule has 3 amide bonds. The minimum absolute atomic E-state index is 0.0948. The number of carbonyl (C=O) groups excluding carboxylic acids is 3. The molecule has 0 bridgehead atoms. The van der Waals surface area contributed by atoms with Gasteiger partial charge in [0.05, 0.1) is 11.4 Å². The molecule has 9 nitrogen and oxygen atoms in total. The number of benzene rings is 1. The van der Waals surface area contributed by atoms with Crippen LogP contribution in [0.15, 0.2) is 29.1 Å². The van der Waals surface area contributed by atoms with Gasteiger partial charge in [-0.2, -0.15) is 5.10 Å². The maximum Gasteiger partial charge on any atom is 0.360 e. The maximum absolute atomic E-state index is 12.4. The number of ether oxygens (including phenoxy) is 1. The number of esters is 1. The SMILES string of the molecule is CC(OC(=O)c1nn(C(C)C)c(=O)c2ccccc12)C(=O)NC(N)=O. The number of fused-ring (bicyclic) bond motifs is 1. The molecule has 0 fully saturated rings. The van der Waals surface area contributed by atoms with Gasteiger partial charge in [0.1, 0.15) is 0 Å². The Morgan fingerprint density at radius 3 is 2.32 bits per heavy atom. The molecule has 132 valence electrons. The van der Waals surface area contributed by atoms with E-state index in [0.29, 0.717) is 10.8 Å². The van der Waals surface area contributed by atoms with Crippen LogP contribution in [0.1, 0.15) is 37.3 Å². The third-order valence-electron chi connectivity index (χ3n) is 3.41. The predicted molar refractivity (Wildman–Crippen MR) is 89.0 cm³/mol. The second-order valence-electron chi connectivity index (χ2n) is 5.64. The van der Waals surface area contributed by atoms with Crippen molar-refractivity contribution in [3.63, 3.8) is 0 Å². The van der Waals surface area contributed by atoms with Crippen molar-refractivity contribution >= 4 is 28.7 Å². The van der Waals surface area contributed by atoms with Crippen LogP contribution >= 0.6 is 0 Å². The summed E-state index contributed by atoms with van der Waals surface area (Å²) in [6.07, 6.45) is -1.26. The first-order chi connectivity index (χ1) is 11.7. The van der Waals surface area contributed by atoms with Crippen molar-refractivity contribution < 1.29 is 19.1 Å². The molecule has 0 radical (unpaired) electrons. The van der Waals surface area contributed by atoms with Gasteiger partial charge >= 0.3 is 12.0 Å². The van der Waals surface area contributed by atoms with E-state index in [-0.39, 0.29) is 17.3 Å². The Morgan fingerprint density at radius 2 is 1.76 bits per heavy atom. The smallest absolute Gasteiger partial charge is 0.360 e. The molecule has 0 aliphatic carbocycles. The molecule has 1 unspecified atom stereocenters. The van der Waals surface area contributed by atoms with Crippen molar-refractivity contribution in [2.24, 2.45) is 5.73 Å². The topological polar surface area (TPSA) is 133 Å². The first-order valence-corrected chi connectivity index (χ1v) is 7.55. The van der Waals surface area contributed by atoms with E-state index in [4.69, 9.17) is 10.5 Å². The van der Waals surface area contributed by atoms with Crippen LogP contribution in [0.5, 0.6) is 0 Å². The molecule has 2 aromatic rings. The minimum Gasteiger partial charge on any atom is -0.448 e. The Balaban J connectivity index is 2.44. The fourth-order valence-corrected chi connectivity index (χ4v) is 2.20. The molecule has 0 aliphatic heterocycles. The third-order valence-corrected chi connectivity index (χ3v) is 3.41. The summed E-state index contributed by atoms with van der Waals surface area (Å²) in [6, 6.07) is 5.15. The summed E-state index contributed by atoms with van der Waals surface area (Å²) in [5.41, 5.74) is 4.43. The highest BCUT2D eigenvalue weighted by molar-refractivity contribution is 6.03. The van der Waals surface area contributed by atoms with Crippen molar-refractivity contribution in [3.8, 4) is 0 Å². The van der Waals surface area contributed by atoms with Gasteiger partial charge in [-0.25, -0.2) is 14.3 Å². The molecule has 1 heterocycles. The number of imide groups is 1. The van der Waals surface area contributed by atoms with Crippen LogP contribution in [-0.4, -0.2) is 33.8 Å². The summed E-state index contributed by atoms with van der Waals surface area (Å²) in [7, 11) is 0. The number of nitrogens with zero attached hydrogens (tertiary/aromatic N) is 2. The second kappa shape index (κ2) is 7.12. The molecule has 25 heavy (non-hydrogen) atoms. The summed E-state index contributed by atoms with van der Waals surface area (Å²) < 4.78 is 6.22. The molecule has 1 aromatic heterocycles. The lowest BCUT2D eigenvalue weighted by Crippen LogP contribution is -2.42. The van der Waals surface area contributed by atoms with E-state index in [0.717, 1.165) is 0 Å². The first kappa shape index (κ1) is 18.1. The summed E-state index contributed by atoms with van der Waals surface area (Å²) in [5, 5.41) is 6.53. The molecule has 0 saturated carbocycles. The average molecular weight is 346 g/mol. The lowest BCUT2D eigenvalue weighted by atomic mass is 10.1. The number of hydrogen-bond donors (Lipinski definition) is 2. The molecule has 0 aliphatic rings. The zero-order chi connectivity index (χ0) is 18.7. The highest BCUT2D eigenvalue weighted by atomic mass is 16.5. The monoisotopic (exact) mass is 346 g/mol. The molecule has 0 saturated heterocycles. The van der Waals surface area contributed by atoms with Crippen LogP contribution < -0.4 is 16.6 Å². The lowest BCUT2D eigenvalue weighted by molar-refractivity contribution is -0.127. The van der Waals surface area contributed by atoms with Crippen LogP contribution in [0, 0.1) is 0 Å². The summed E-state index contributed by atoms with van der Waals surface area (Å²) >= 11 is 0. The summed E-state index contributed by atoms with van der Waals surface area (Å²) in [4.78, 5) is 47.2. The Labute approximate surface area is 142 Å². The Hall–Kier alpha value is -3.23. The second-order valence-corrected chi connectivity index (χ2v) is 5.64. The Kier molecular flexibility index (Phi) is 5.16. The van der Waals surface area contributed by atoms with E-state index in [1.165, 1.54) is 11.6 Å². The van der Waals surface area contributed by atoms with Crippen LogP contribution in [0.2, 0.25) is 0 Å². The molecule has 1 aromatic carbocycles. The van der Waals surface area contributed by atoms with Gasteiger partial charge in [-0.15, -0.1) is 0 Å². The lowest BCUT2D eigenvalue weighted by Gasteiger charge is -2.15.